The number of nitrogens with zero attached hydrogens (tertiary/aromatic N) is 3. The number of methoxy groups -OCH3 is 2. The zero-order chi connectivity index (χ0) is 50.0. The lowest BCUT2D eigenvalue weighted by Gasteiger charge is -2.47. The van der Waals surface area contributed by atoms with E-state index in [2.05, 4.69) is 10.1 Å². The van der Waals surface area contributed by atoms with Crippen molar-refractivity contribution in [2.75, 3.05) is 68.1 Å². The molecule has 4 heterocycles. The molecule has 0 radical (unpaired) electrons. The number of allylic oxidation sites excluding steroid dienone is 3. The van der Waals surface area contributed by atoms with Crippen LogP contribution in [0.2, 0.25) is 0 Å². The first-order valence-electron chi connectivity index (χ1n) is 24.5. The molecule has 3 aliphatic heterocycles. The minimum atomic E-state index is -1.25. The number of ether oxygens (including phenoxy) is 9. The van der Waals surface area contributed by atoms with Gasteiger partial charge in [0, 0.05) is 44.8 Å². The second-order valence-electron chi connectivity index (χ2n) is 19.0. The Kier molecular flexibility index (Phi) is 23.3. The predicted octanol–water partition coefficient (Wildman–Crippen LogP) is 4.29. The lowest BCUT2D eigenvalue weighted by atomic mass is 9.79. The van der Waals surface area contributed by atoms with Crippen LogP contribution in [0.1, 0.15) is 78.8 Å². The Morgan fingerprint density at radius 3 is 2.46 bits per heavy atom. The van der Waals surface area contributed by atoms with E-state index in [-0.39, 0.29) is 57.9 Å². The summed E-state index contributed by atoms with van der Waals surface area (Å²) in [5.74, 6) is -2.45. The van der Waals surface area contributed by atoms with Gasteiger partial charge < -0.3 is 67.7 Å². The van der Waals surface area contributed by atoms with E-state index in [0.29, 0.717) is 37.8 Å². The van der Waals surface area contributed by atoms with Crippen molar-refractivity contribution in [2.45, 2.75) is 147 Å². The van der Waals surface area contributed by atoms with Crippen molar-refractivity contribution in [3.05, 3.63) is 60.0 Å². The topological polar surface area (TPSA) is 216 Å². The summed E-state index contributed by atoms with van der Waals surface area (Å²) in [5, 5.41) is 37.7. The fraction of sp³-hybridized carbons (Fsp3) is 0.725. The van der Waals surface area contributed by atoms with Crippen molar-refractivity contribution in [1.29, 1.82) is 0 Å². The van der Waals surface area contributed by atoms with Gasteiger partial charge in [0.25, 0.3) is 0 Å². The summed E-state index contributed by atoms with van der Waals surface area (Å²) in [6, 6.07) is 4.92. The molecule has 2 bridgehead atoms. The van der Waals surface area contributed by atoms with E-state index >= 15 is 0 Å². The molecule has 1 aromatic rings. The molecule has 4 aliphatic rings. The van der Waals surface area contributed by atoms with Crippen LogP contribution in [0.4, 0.5) is 0 Å². The van der Waals surface area contributed by atoms with E-state index < -0.39 is 97.1 Å². The number of likely N-dealkylation sites (N-methyl/N-ethyl adjacent to an activating group) is 1. The molecule has 0 spiro atoms. The summed E-state index contributed by atoms with van der Waals surface area (Å²) in [4.78, 5) is 40.0. The molecule has 1 aliphatic carbocycles. The first-order chi connectivity index (χ1) is 33.1. The number of oxime groups is 1. The summed E-state index contributed by atoms with van der Waals surface area (Å²) < 4.78 is 55.8. The monoisotopic (exact) mass is 974 g/mol. The molecule has 1 saturated carbocycles. The van der Waals surface area contributed by atoms with Gasteiger partial charge in [-0.25, -0.2) is 0 Å². The third-order valence-electron chi connectivity index (χ3n) is 13.7. The molecule has 1 aromatic heterocycles. The number of carbonyl (C=O) groups is 2. The van der Waals surface area contributed by atoms with E-state index in [9.17, 15) is 24.9 Å². The third kappa shape index (κ3) is 16.5. The summed E-state index contributed by atoms with van der Waals surface area (Å²) >= 11 is 0. The zero-order valence-electron chi connectivity index (χ0n) is 42.0. The van der Waals surface area contributed by atoms with Gasteiger partial charge in [0.05, 0.1) is 81.2 Å². The van der Waals surface area contributed by atoms with Gasteiger partial charge in [-0.3, -0.25) is 14.6 Å². The first-order valence-corrected chi connectivity index (χ1v) is 24.5. The van der Waals surface area contributed by atoms with Gasteiger partial charge in [0.15, 0.2) is 12.1 Å². The van der Waals surface area contributed by atoms with E-state index in [0.717, 1.165) is 11.3 Å². The molecule has 3 N–H and O–H groups in total. The van der Waals surface area contributed by atoms with Gasteiger partial charge in [-0.2, -0.15) is 0 Å². The summed E-state index contributed by atoms with van der Waals surface area (Å²) in [5.41, 5.74) is 1.99. The van der Waals surface area contributed by atoms with Crippen molar-refractivity contribution >= 4 is 23.5 Å². The molecule has 5 rings (SSSR count). The number of carbonyl (C=O) groups excluding carboxylic acids is 2. The van der Waals surface area contributed by atoms with Crippen LogP contribution < -0.4 is 0 Å². The van der Waals surface area contributed by atoms with Crippen LogP contribution in [-0.2, 0) is 57.1 Å². The van der Waals surface area contributed by atoms with Gasteiger partial charge >= 0.3 is 5.97 Å². The highest BCUT2D eigenvalue weighted by atomic mass is 16.7. The molecule has 18 heteroatoms. The smallest absolute Gasteiger partial charge is 0.308 e. The molecule has 388 valence electrons. The van der Waals surface area contributed by atoms with Gasteiger partial charge in [-0.05, 0) is 90.2 Å². The fourth-order valence-electron chi connectivity index (χ4n) is 9.76. The molecule has 0 aromatic carbocycles. The van der Waals surface area contributed by atoms with Crippen LogP contribution in [-0.4, -0.2) is 184 Å². The highest BCUT2D eigenvalue weighted by Gasteiger charge is 2.48. The van der Waals surface area contributed by atoms with E-state index in [1.54, 1.807) is 51.4 Å². The number of rotatable bonds is 15. The standard InChI is InChI=1S/C51H79N3O15/c1-10-41-36(27-64-42-19-18-40(56)49(60-8)50(42)61-9)24-31(2)16-17-39(55)32(3)25-35-20-23-62-28-38(53-66-30-63-22-13-15-37-14-11-12-21-52-37)29-65-43(26-44(57)68-41)33(4)48(35)69-51-47(59)45(54(6)7)46(58)34(5)67-51/h11-17,21,24,32-36,40-43,45-51,56,58-59H,10,18-20,22-23,25-30H2,1-9H3/b15-13+,17-16+,31-24+,53-38+/t32-,33+,34-,35?,36-,40-,41-,42-,43-,45+,46-,47-,48-,49-,50+,51+/m1/s1. The molecule has 69 heavy (non-hydrogen) atoms. The van der Waals surface area contributed by atoms with Crippen LogP contribution >= 0.6 is 0 Å². The molecule has 16 atom stereocenters. The maximum absolute atomic E-state index is 14.4. The normalized spacial score (nSPS) is 37.8. The van der Waals surface area contributed by atoms with Gasteiger partial charge in [-0.1, -0.05) is 55.8 Å². The zero-order valence-corrected chi connectivity index (χ0v) is 42.0. The lowest BCUT2D eigenvalue weighted by molar-refractivity contribution is -0.305. The third-order valence-corrected chi connectivity index (χ3v) is 13.7. The van der Waals surface area contributed by atoms with Gasteiger partial charge in [0.1, 0.15) is 30.1 Å². The van der Waals surface area contributed by atoms with Crippen LogP contribution in [0.15, 0.2) is 59.4 Å². The molecular weight excluding hydrogens is 895 g/mol. The van der Waals surface area contributed by atoms with E-state index in [1.807, 2.05) is 64.1 Å². The number of fused-ring (bicyclic) bond motifs is 3. The number of pyridine rings is 1. The van der Waals surface area contributed by atoms with E-state index in [4.69, 9.17) is 47.5 Å². The maximum Gasteiger partial charge on any atom is 0.308 e. The number of cyclic esters (lactones) is 1. The van der Waals surface area contributed by atoms with Crippen molar-refractivity contribution < 1.29 is 72.4 Å². The molecule has 2 saturated heterocycles. The summed E-state index contributed by atoms with van der Waals surface area (Å²) in [6.45, 7) is 9.83. The van der Waals surface area contributed by atoms with Gasteiger partial charge in [-0.15, -0.1) is 0 Å². The van der Waals surface area contributed by atoms with Crippen molar-refractivity contribution in [3.8, 4) is 0 Å². The average Bonchev–Trinajstić information content (AvgIpc) is 3.35. The number of hydrogen-bond donors (Lipinski definition) is 3. The largest absolute Gasteiger partial charge is 0.462 e. The minimum absolute atomic E-state index is 0.0461. The first kappa shape index (κ1) is 56.4. The van der Waals surface area contributed by atoms with Crippen LogP contribution in [0.5, 0.6) is 0 Å². The highest BCUT2D eigenvalue weighted by molar-refractivity contribution is 5.91. The lowest BCUT2D eigenvalue weighted by Crippen LogP contribution is -2.63. The number of aliphatic hydroxyl groups excluding tert-OH is 3. The predicted molar refractivity (Wildman–Crippen MR) is 256 cm³/mol. The second kappa shape index (κ2) is 28.5. The number of hydrogen-bond acceptors (Lipinski definition) is 18. The summed E-state index contributed by atoms with van der Waals surface area (Å²) in [7, 11) is 6.64. The fourth-order valence-corrected chi connectivity index (χ4v) is 9.76. The van der Waals surface area contributed by atoms with E-state index in [1.165, 1.54) is 7.11 Å². The SMILES string of the molecule is CC[C@H]1OC(=O)C[C@H]2OC/C(=N/OCOC/C=C/c3ccccn3)COCCC(C[C@@H](C)C(=O)/C=C/C(C)=C/[C@@H]1CO[C@@H]1CC[C@@H](O)[C@@H](OC)[C@H]1OC)[C@H](O[C@@H]1O[C@H](C)[C@@H](O)[C@H](N(C)C)[C@H]1O)[C@H]2C. The van der Waals surface area contributed by atoms with Crippen molar-refractivity contribution in [2.24, 2.45) is 28.8 Å². The van der Waals surface area contributed by atoms with Crippen molar-refractivity contribution in [3.63, 3.8) is 0 Å². The quantitative estimate of drug-likeness (QED) is 0.0967. The average molecular weight is 974 g/mol. The molecule has 1 unspecified atom stereocenters. The number of esters is 1. The van der Waals surface area contributed by atoms with Crippen molar-refractivity contribution in [1.82, 2.24) is 9.88 Å². The van der Waals surface area contributed by atoms with Crippen LogP contribution in [0.25, 0.3) is 6.08 Å². The molecule has 18 nitrogen and oxygen atoms in total. The number of aromatic nitrogens is 1. The molecule has 3 fully saturated rings. The highest BCUT2D eigenvalue weighted by Crippen LogP contribution is 2.36. The number of aliphatic hydroxyl groups is 3. The minimum Gasteiger partial charge on any atom is -0.462 e. The summed E-state index contributed by atoms with van der Waals surface area (Å²) in [6.07, 6.45) is 4.19. The van der Waals surface area contributed by atoms with Crippen LogP contribution in [0.3, 0.4) is 0 Å². The second-order valence-corrected chi connectivity index (χ2v) is 19.0. The Morgan fingerprint density at radius 2 is 1.75 bits per heavy atom. The Labute approximate surface area is 408 Å². The van der Waals surface area contributed by atoms with Crippen LogP contribution in [0, 0.1) is 23.7 Å². The Morgan fingerprint density at radius 1 is 0.971 bits per heavy atom. The Hall–Kier alpha value is -3.50. The molecular formula is C51H79N3O15. The maximum atomic E-state index is 14.4. The Balaban J connectivity index is 1.46. The Bertz CT molecular complexity index is 1830. The molecule has 0 amide bonds. The number of ketones is 1. The van der Waals surface area contributed by atoms with Gasteiger partial charge in [0.2, 0.25) is 6.79 Å².